The monoisotopic (exact) mass is 235 g/mol. The van der Waals surface area contributed by atoms with Gasteiger partial charge in [-0.15, -0.1) is 0 Å². The zero-order valence-electron chi connectivity index (χ0n) is 9.94. The molecule has 0 fully saturated rings. The van der Waals surface area contributed by atoms with Gasteiger partial charge in [-0.25, -0.2) is 0 Å². The fourth-order valence-corrected chi connectivity index (χ4v) is 2.31. The molecule has 0 bridgehead atoms. The lowest BCUT2D eigenvalue weighted by Gasteiger charge is -2.13. The molecule has 1 aliphatic heterocycles. The second kappa shape index (κ2) is 4.65. The summed E-state index contributed by atoms with van der Waals surface area (Å²) in [7, 11) is 2.01. The largest absolute Gasteiger partial charge is 0.507 e. The molecular weight excluding hydrogens is 218 g/mol. The minimum absolute atomic E-state index is 0.149. The number of fused-ring (bicyclic) bond motifs is 1. The van der Waals surface area contributed by atoms with Crippen molar-refractivity contribution < 1.29 is 15.0 Å². The molecule has 0 atom stereocenters. The predicted octanol–water partition coefficient (Wildman–Crippen LogP) is 1.79. The molecule has 0 aromatic heterocycles. The van der Waals surface area contributed by atoms with E-state index in [1.54, 1.807) is 0 Å². The first-order valence-electron chi connectivity index (χ1n) is 5.86. The van der Waals surface area contributed by atoms with E-state index in [1.165, 1.54) is 0 Å². The average molecular weight is 235 g/mol. The topological polar surface area (TPSA) is 60.8 Å². The van der Waals surface area contributed by atoms with Gasteiger partial charge in [0, 0.05) is 31.3 Å². The molecule has 1 aliphatic rings. The van der Waals surface area contributed by atoms with Gasteiger partial charge in [0.15, 0.2) is 0 Å². The van der Waals surface area contributed by atoms with Crippen molar-refractivity contribution in [2.45, 2.75) is 25.7 Å². The van der Waals surface area contributed by atoms with Crippen LogP contribution in [0, 0.1) is 0 Å². The third kappa shape index (κ3) is 2.35. The molecule has 2 N–H and O–H groups in total. The number of phenols is 1. The molecule has 0 saturated heterocycles. The number of carbonyl (C=O) groups is 1. The summed E-state index contributed by atoms with van der Waals surface area (Å²) in [4.78, 5) is 12.6. The lowest BCUT2D eigenvalue weighted by Crippen LogP contribution is -2.12. The van der Waals surface area contributed by atoms with Gasteiger partial charge in [-0.2, -0.15) is 0 Å². The Labute approximate surface area is 100 Å². The Morgan fingerprint density at radius 2 is 2.24 bits per heavy atom. The number of hydrogen-bond acceptors (Lipinski definition) is 3. The van der Waals surface area contributed by atoms with E-state index in [4.69, 9.17) is 5.11 Å². The molecule has 1 aromatic rings. The lowest BCUT2D eigenvalue weighted by atomic mass is 10.0. The molecule has 17 heavy (non-hydrogen) atoms. The van der Waals surface area contributed by atoms with Crippen LogP contribution in [0.25, 0.3) is 0 Å². The van der Waals surface area contributed by atoms with Crippen LogP contribution in [0.1, 0.15) is 24.0 Å². The summed E-state index contributed by atoms with van der Waals surface area (Å²) in [6.45, 7) is 0.932. The number of carboxylic acid groups (broad SMARTS) is 1. The maximum atomic E-state index is 10.4. The third-order valence-corrected chi connectivity index (χ3v) is 3.29. The van der Waals surface area contributed by atoms with E-state index in [2.05, 4.69) is 4.90 Å². The predicted molar refractivity (Wildman–Crippen MR) is 65.7 cm³/mol. The Bertz CT molecular complexity index is 443. The Morgan fingerprint density at radius 1 is 1.47 bits per heavy atom. The minimum atomic E-state index is -0.787. The smallest absolute Gasteiger partial charge is 0.303 e. The van der Waals surface area contributed by atoms with Crippen LogP contribution in [-0.2, 0) is 17.6 Å². The number of phenolic OH excluding ortho intramolecular Hbond substituents is 1. The molecule has 4 heteroatoms. The van der Waals surface area contributed by atoms with Crippen molar-refractivity contribution in [1.82, 2.24) is 0 Å². The number of aromatic hydroxyl groups is 1. The van der Waals surface area contributed by atoms with Crippen LogP contribution in [0.2, 0.25) is 0 Å². The van der Waals surface area contributed by atoms with E-state index in [-0.39, 0.29) is 6.42 Å². The van der Waals surface area contributed by atoms with E-state index in [0.717, 1.165) is 29.8 Å². The molecule has 0 spiro atoms. The van der Waals surface area contributed by atoms with Gasteiger partial charge < -0.3 is 15.1 Å². The number of aliphatic carboxylic acids is 1. The fraction of sp³-hybridized carbons (Fsp3) is 0.462. The summed E-state index contributed by atoms with van der Waals surface area (Å²) in [5, 5.41) is 18.7. The quantitative estimate of drug-likeness (QED) is 0.835. The first kappa shape index (κ1) is 11.8. The number of rotatable bonds is 4. The zero-order valence-corrected chi connectivity index (χ0v) is 9.94. The number of likely N-dealkylation sites (N-methyl/N-ethyl adjacent to an activating group) is 1. The van der Waals surface area contributed by atoms with E-state index >= 15 is 0 Å². The summed E-state index contributed by atoms with van der Waals surface area (Å²) < 4.78 is 0. The molecule has 0 amide bonds. The first-order chi connectivity index (χ1) is 8.09. The molecule has 2 rings (SSSR count). The molecule has 92 valence electrons. The maximum Gasteiger partial charge on any atom is 0.303 e. The molecular formula is C13H17NO3. The number of carboxylic acids is 1. The maximum absolute atomic E-state index is 10.4. The van der Waals surface area contributed by atoms with Crippen molar-refractivity contribution in [3.63, 3.8) is 0 Å². The number of nitrogens with zero attached hydrogens (tertiary/aromatic N) is 1. The highest BCUT2D eigenvalue weighted by Crippen LogP contribution is 2.36. The van der Waals surface area contributed by atoms with Gasteiger partial charge in [0.25, 0.3) is 0 Å². The molecule has 0 saturated carbocycles. The lowest BCUT2D eigenvalue weighted by molar-refractivity contribution is -0.137. The number of aryl methyl sites for hydroxylation is 1. The van der Waals surface area contributed by atoms with Crippen LogP contribution in [0.15, 0.2) is 12.1 Å². The zero-order chi connectivity index (χ0) is 12.4. The van der Waals surface area contributed by atoms with Crippen LogP contribution in [0.4, 0.5) is 5.69 Å². The standard InChI is InChI=1S/C13H17NO3/c1-14-8-7-10-11(14)6-5-9(13(10)17)3-2-4-12(15)16/h5-6,17H,2-4,7-8H2,1H3,(H,15,16). The van der Waals surface area contributed by atoms with Crippen LogP contribution in [-0.4, -0.2) is 29.8 Å². The highest BCUT2D eigenvalue weighted by atomic mass is 16.4. The van der Waals surface area contributed by atoms with Crippen molar-refractivity contribution in [3.05, 3.63) is 23.3 Å². The van der Waals surface area contributed by atoms with Crippen LogP contribution >= 0.6 is 0 Å². The van der Waals surface area contributed by atoms with Crippen molar-refractivity contribution in [2.75, 3.05) is 18.5 Å². The SMILES string of the molecule is CN1CCc2c1ccc(CCCC(=O)O)c2O. The van der Waals surface area contributed by atoms with E-state index in [0.29, 0.717) is 18.6 Å². The van der Waals surface area contributed by atoms with Crippen molar-refractivity contribution in [2.24, 2.45) is 0 Å². The van der Waals surface area contributed by atoms with Gasteiger partial charge >= 0.3 is 5.97 Å². The molecule has 4 nitrogen and oxygen atoms in total. The summed E-state index contributed by atoms with van der Waals surface area (Å²) in [5.74, 6) is -0.428. The van der Waals surface area contributed by atoms with Crippen molar-refractivity contribution in [3.8, 4) is 5.75 Å². The van der Waals surface area contributed by atoms with E-state index < -0.39 is 5.97 Å². The van der Waals surface area contributed by atoms with Crippen molar-refractivity contribution >= 4 is 11.7 Å². The second-order valence-corrected chi connectivity index (χ2v) is 4.49. The number of anilines is 1. The van der Waals surface area contributed by atoms with Crippen LogP contribution in [0.5, 0.6) is 5.75 Å². The minimum Gasteiger partial charge on any atom is -0.507 e. The Morgan fingerprint density at radius 3 is 2.94 bits per heavy atom. The third-order valence-electron chi connectivity index (χ3n) is 3.29. The number of hydrogen-bond donors (Lipinski definition) is 2. The molecule has 0 unspecified atom stereocenters. The molecule has 1 aromatic carbocycles. The average Bonchev–Trinajstić information content (AvgIpc) is 2.64. The first-order valence-corrected chi connectivity index (χ1v) is 5.86. The van der Waals surface area contributed by atoms with Gasteiger partial charge in [0.05, 0.1) is 0 Å². The highest BCUT2D eigenvalue weighted by Gasteiger charge is 2.20. The van der Waals surface area contributed by atoms with Gasteiger partial charge in [0.2, 0.25) is 0 Å². The van der Waals surface area contributed by atoms with Crippen molar-refractivity contribution in [1.29, 1.82) is 0 Å². The fourth-order valence-electron chi connectivity index (χ4n) is 2.31. The Hall–Kier alpha value is -1.71. The summed E-state index contributed by atoms with van der Waals surface area (Å²) in [6, 6.07) is 3.91. The van der Waals surface area contributed by atoms with Gasteiger partial charge in [0.1, 0.15) is 5.75 Å². The van der Waals surface area contributed by atoms with Crippen LogP contribution < -0.4 is 4.90 Å². The molecule has 0 radical (unpaired) electrons. The Balaban J connectivity index is 2.12. The second-order valence-electron chi connectivity index (χ2n) is 4.49. The van der Waals surface area contributed by atoms with Gasteiger partial charge in [-0.05, 0) is 30.9 Å². The normalized spacial score (nSPS) is 13.8. The summed E-state index contributed by atoms with van der Waals surface area (Å²) in [5.41, 5.74) is 2.95. The van der Waals surface area contributed by atoms with E-state index in [1.807, 2.05) is 19.2 Å². The summed E-state index contributed by atoms with van der Waals surface area (Å²) >= 11 is 0. The van der Waals surface area contributed by atoms with E-state index in [9.17, 15) is 9.90 Å². The van der Waals surface area contributed by atoms with Gasteiger partial charge in [-0.1, -0.05) is 6.07 Å². The molecule has 1 heterocycles. The van der Waals surface area contributed by atoms with Crippen LogP contribution in [0.3, 0.4) is 0 Å². The molecule has 0 aliphatic carbocycles. The summed E-state index contributed by atoms with van der Waals surface area (Å²) in [6.07, 6.45) is 2.20. The van der Waals surface area contributed by atoms with Gasteiger partial charge in [-0.3, -0.25) is 4.79 Å². The highest BCUT2D eigenvalue weighted by molar-refractivity contribution is 5.67. The Kier molecular flexibility index (Phi) is 3.22. The number of benzene rings is 1.